The maximum Gasteiger partial charge on any atom is 0.0754 e. The van der Waals surface area contributed by atoms with Gasteiger partial charge in [-0.15, -0.1) is 11.3 Å². The second kappa shape index (κ2) is 6.66. The first-order valence-electron chi connectivity index (χ1n) is 7.07. The SMILES string of the molecule is Cc1ccsc1CNC(c1ccccc1)c1ccccn1. The van der Waals surface area contributed by atoms with Crippen molar-refractivity contribution in [3.05, 3.63) is 87.9 Å². The molecular weight excluding hydrogens is 276 g/mol. The molecule has 0 bridgehead atoms. The Labute approximate surface area is 129 Å². The molecule has 106 valence electrons. The fourth-order valence-electron chi connectivity index (χ4n) is 2.37. The van der Waals surface area contributed by atoms with Crippen molar-refractivity contribution in [3.8, 4) is 0 Å². The molecule has 2 aromatic heterocycles. The van der Waals surface area contributed by atoms with Crippen molar-refractivity contribution in [3.63, 3.8) is 0 Å². The van der Waals surface area contributed by atoms with Gasteiger partial charge in [0, 0.05) is 17.6 Å². The molecule has 0 aliphatic carbocycles. The first kappa shape index (κ1) is 14.0. The Bertz CT molecular complexity index is 637. The molecule has 1 N–H and O–H groups in total. The van der Waals surface area contributed by atoms with Crippen LogP contribution in [0.5, 0.6) is 0 Å². The van der Waals surface area contributed by atoms with Crippen LogP contribution in [0.2, 0.25) is 0 Å². The van der Waals surface area contributed by atoms with E-state index in [1.165, 1.54) is 16.0 Å². The van der Waals surface area contributed by atoms with Crippen LogP contribution >= 0.6 is 11.3 Å². The van der Waals surface area contributed by atoms with Crippen molar-refractivity contribution < 1.29 is 0 Å². The van der Waals surface area contributed by atoms with E-state index in [9.17, 15) is 0 Å². The number of nitrogens with one attached hydrogen (secondary N) is 1. The highest BCUT2D eigenvalue weighted by Gasteiger charge is 2.15. The van der Waals surface area contributed by atoms with E-state index in [0.29, 0.717) is 0 Å². The number of hydrogen-bond donors (Lipinski definition) is 1. The Morgan fingerprint density at radius 1 is 1.05 bits per heavy atom. The summed E-state index contributed by atoms with van der Waals surface area (Å²) in [6.45, 7) is 3.02. The third kappa shape index (κ3) is 3.38. The molecule has 2 heterocycles. The van der Waals surface area contributed by atoms with Gasteiger partial charge < -0.3 is 5.32 Å². The summed E-state index contributed by atoms with van der Waals surface area (Å²) in [5.41, 5.74) is 3.64. The largest absolute Gasteiger partial charge is 0.300 e. The molecule has 3 heteroatoms. The Hall–Kier alpha value is -1.97. The Morgan fingerprint density at radius 3 is 2.52 bits per heavy atom. The van der Waals surface area contributed by atoms with Gasteiger partial charge in [0.15, 0.2) is 0 Å². The van der Waals surface area contributed by atoms with Gasteiger partial charge in [-0.1, -0.05) is 36.4 Å². The summed E-state index contributed by atoms with van der Waals surface area (Å²) >= 11 is 1.80. The van der Waals surface area contributed by atoms with E-state index in [4.69, 9.17) is 0 Å². The molecule has 3 rings (SSSR count). The van der Waals surface area contributed by atoms with Crippen LogP contribution in [-0.4, -0.2) is 4.98 Å². The lowest BCUT2D eigenvalue weighted by Crippen LogP contribution is -2.22. The Kier molecular flexibility index (Phi) is 4.43. The minimum atomic E-state index is 0.119. The summed E-state index contributed by atoms with van der Waals surface area (Å²) in [6, 6.07) is 18.8. The first-order valence-corrected chi connectivity index (χ1v) is 7.95. The maximum atomic E-state index is 4.52. The molecule has 1 unspecified atom stereocenters. The van der Waals surface area contributed by atoms with Crippen LogP contribution in [0.3, 0.4) is 0 Å². The summed E-state index contributed by atoms with van der Waals surface area (Å²) in [6.07, 6.45) is 1.85. The molecule has 2 nitrogen and oxygen atoms in total. The zero-order valence-electron chi connectivity index (χ0n) is 12.0. The number of aromatic nitrogens is 1. The average Bonchev–Trinajstić information content (AvgIpc) is 2.95. The van der Waals surface area contributed by atoms with Gasteiger partial charge in [0.1, 0.15) is 0 Å². The smallest absolute Gasteiger partial charge is 0.0754 e. The van der Waals surface area contributed by atoms with Crippen molar-refractivity contribution in [2.24, 2.45) is 0 Å². The molecule has 0 aliphatic heterocycles. The van der Waals surface area contributed by atoms with Gasteiger partial charge in [0.2, 0.25) is 0 Å². The standard InChI is InChI=1S/C18H18N2S/c1-14-10-12-21-17(14)13-20-18(15-7-3-2-4-8-15)16-9-5-6-11-19-16/h2-12,18,20H,13H2,1H3. The van der Waals surface area contributed by atoms with Crippen molar-refractivity contribution in [1.82, 2.24) is 10.3 Å². The molecule has 0 spiro atoms. The van der Waals surface area contributed by atoms with Crippen molar-refractivity contribution >= 4 is 11.3 Å². The van der Waals surface area contributed by atoms with E-state index in [-0.39, 0.29) is 6.04 Å². The molecule has 0 saturated carbocycles. The number of rotatable bonds is 5. The number of aryl methyl sites for hydroxylation is 1. The molecule has 0 amide bonds. The van der Waals surface area contributed by atoms with Gasteiger partial charge in [0.25, 0.3) is 0 Å². The van der Waals surface area contributed by atoms with E-state index in [1.54, 1.807) is 11.3 Å². The van der Waals surface area contributed by atoms with Crippen LogP contribution in [0.1, 0.15) is 27.7 Å². The number of benzene rings is 1. The van der Waals surface area contributed by atoms with Gasteiger partial charge in [-0.2, -0.15) is 0 Å². The fourth-order valence-corrected chi connectivity index (χ4v) is 3.22. The monoisotopic (exact) mass is 294 g/mol. The summed E-state index contributed by atoms with van der Waals surface area (Å²) in [4.78, 5) is 5.90. The average molecular weight is 294 g/mol. The maximum absolute atomic E-state index is 4.52. The van der Waals surface area contributed by atoms with Crippen molar-refractivity contribution in [2.45, 2.75) is 19.5 Å². The summed E-state index contributed by atoms with van der Waals surface area (Å²) in [7, 11) is 0. The summed E-state index contributed by atoms with van der Waals surface area (Å²) in [5, 5.41) is 5.79. The lowest BCUT2D eigenvalue weighted by molar-refractivity contribution is 0.595. The lowest BCUT2D eigenvalue weighted by atomic mass is 10.0. The van der Waals surface area contributed by atoms with Gasteiger partial charge >= 0.3 is 0 Å². The fraction of sp³-hybridized carbons (Fsp3) is 0.167. The highest BCUT2D eigenvalue weighted by atomic mass is 32.1. The Balaban J connectivity index is 1.85. The highest BCUT2D eigenvalue weighted by molar-refractivity contribution is 7.10. The van der Waals surface area contributed by atoms with Crippen LogP contribution in [-0.2, 0) is 6.54 Å². The molecule has 1 aromatic carbocycles. The van der Waals surface area contributed by atoms with E-state index in [1.807, 2.05) is 24.4 Å². The zero-order valence-corrected chi connectivity index (χ0v) is 12.8. The van der Waals surface area contributed by atoms with Gasteiger partial charge in [0.05, 0.1) is 11.7 Å². The molecule has 21 heavy (non-hydrogen) atoms. The van der Waals surface area contributed by atoms with E-state index in [2.05, 4.69) is 59.0 Å². The van der Waals surface area contributed by atoms with E-state index in [0.717, 1.165) is 12.2 Å². The van der Waals surface area contributed by atoms with Gasteiger partial charge in [-0.3, -0.25) is 4.98 Å². The molecule has 0 saturated heterocycles. The number of nitrogens with zero attached hydrogens (tertiary/aromatic N) is 1. The third-order valence-corrected chi connectivity index (χ3v) is 4.57. The number of pyridine rings is 1. The van der Waals surface area contributed by atoms with E-state index < -0.39 is 0 Å². The lowest BCUT2D eigenvalue weighted by Gasteiger charge is -2.18. The van der Waals surface area contributed by atoms with Crippen LogP contribution in [0.4, 0.5) is 0 Å². The first-order chi connectivity index (χ1) is 10.3. The molecule has 1 atom stereocenters. The Morgan fingerprint density at radius 2 is 1.86 bits per heavy atom. The normalized spacial score (nSPS) is 12.2. The van der Waals surface area contributed by atoms with E-state index >= 15 is 0 Å². The van der Waals surface area contributed by atoms with Crippen LogP contribution < -0.4 is 5.32 Å². The quantitative estimate of drug-likeness (QED) is 0.757. The second-order valence-electron chi connectivity index (χ2n) is 5.01. The van der Waals surface area contributed by atoms with Gasteiger partial charge in [-0.25, -0.2) is 0 Å². The predicted octanol–water partition coefficient (Wildman–Crippen LogP) is 4.33. The minimum absolute atomic E-state index is 0.119. The van der Waals surface area contributed by atoms with Crippen LogP contribution in [0, 0.1) is 6.92 Å². The van der Waals surface area contributed by atoms with Crippen molar-refractivity contribution in [2.75, 3.05) is 0 Å². The van der Waals surface area contributed by atoms with Crippen LogP contribution in [0.25, 0.3) is 0 Å². The van der Waals surface area contributed by atoms with Crippen LogP contribution in [0.15, 0.2) is 66.2 Å². The zero-order chi connectivity index (χ0) is 14.5. The molecular formula is C18H18N2S. The summed E-state index contributed by atoms with van der Waals surface area (Å²) in [5.74, 6) is 0. The van der Waals surface area contributed by atoms with Crippen molar-refractivity contribution in [1.29, 1.82) is 0 Å². The topological polar surface area (TPSA) is 24.9 Å². The van der Waals surface area contributed by atoms with Gasteiger partial charge in [-0.05, 0) is 41.6 Å². The molecule has 0 fully saturated rings. The number of thiophene rings is 1. The summed E-state index contributed by atoms with van der Waals surface area (Å²) < 4.78 is 0. The number of hydrogen-bond acceptors (Lipinski definition) is 3. The highest BCUT2D eigenvalue weighted by Crippen LogP contribution is 2.22. The molecule has 0 radical (unpaired) electrons. The second-order valence-corrected chi connectivity index (χ2v) is 6.01. The predicted molar refractivity (Wildman–Crippen MR) is 88.4 cm³/mol. The minimum Gasteiger partial charge on any atom is -0.300 e. The third-order valence-electron chi connectivity index (χ3n) is 3.55. The molecule has 3 aromatic rings. The molecule has 0 aliphatic rings.